The fourth-order valence-corrected chi connectivity index (χ4v) is 8.22. The first-order valence-corrected chi connectivity index (χ1v) is 20.1. The van der Waals surface area contributed by atoms with Crippen LogP contribution in [0.1, 0.15) is 72.1 Å². The van der Waals surface area contributed by atoms with Gasteiger partial charge in [-0.25, -0.2) is 0 Å². The Morgan fingerprint density at radius 1 is 0.515 bits per heavy atom. The summed E-state index contributed by atoms with van der Waals surface area (Å²) in [7, 11) is -2.77. The summed E-state index contributed by atoms with van der Waals surface area (Å²) in [6, 6.07) is 2.56. The number of hydrogen-bond donors (Lipinski definition) is 0. The van der Waals surface area contributed by atoms with Crippen LogP contribution in [0, 0.1) is 0 Å². The number of nitrogens with zero attached hydrogens (tertiary/aromatic N) is 1. The van der Waals surface area contributed by atoms with Crippen molar-refractivity contribution in [3.8, 4) is 0 Å². The van der Waals surface area contributed by atoms with Gasteiger partial charge in [-0.2, -0.15) is 0 Å². The maximum atomic E-state index is 5.90. The fraction of sp³-hybridized carbons (Fsp3) is 1.00. The van der Waals surface area contributed by atoms with Crippen molar-refractivity contribution in [2.45, 2.75) is 110 Å². The second-order valence-corrected chi connectivity index (χ2v) is 19.0. The Labute approximate surface area is 209 Å². The predicted octanol–water partition coefficient (Wildman–Crippen LogP) is 6.95. The summed E-state index contributed by atoms with van der Waals surface area (Å²) in [5.41, 5.74) is 0. The minimum Gasteiger partial charge on any atom is -0.418 e. The zero-order valence-electron chi connectivity index (χ0n) is 23.5. The topological polar surface area (TPSA) is 40.2 Å². The Morgan fingerprint density at radius 3 is 1.27 bits per heavy atom. The SMILES string of the molecule is CCO[Si](C)(C)CCCCCCOCCN(CC)CCOCCCCCC[Si](C)(C)OCC. The summed E-state index contributed by atoms with van der Waals surface area (Å²) in [5, 5.41) is 0. The summed E-state index contributed by atoms with van der Waals surface area (Å²) < 4.78 is 23.5. The van der Waals surface area contributed by atoms with Gasteiger partial charge in [-0.1, -0.05) is 45.4 Å². The number of unbranched alkanes of at least 4 members (excludes halogenated alkanes) is 6. The van der Waals surface area contributed by atoms with E-state index in [1.54, 1.807) is 0 Å². The normalized spacial score (nSPS) is 12.7. The summed E-state index contributed by atoms with van der Waals surface area (Å²) in [4.78, 5) is 2.43. The van der Waals surface area contributed by atoms with E-state index in [1.807, 2.05) is 0 Å². The van der Waals surface area contributed by atoms with Crippen molar-refractivity contribution in [1.82, 2.24) is 4.90 Å². The van der Waals surface area contributed by atoms with Crippen LogP contribution in [0.25, 0.3) is 0 Å². The Kier molecular flexibility index (Phi) is 21.7. The van der Waals surface area contributed by atoms with Crippen LogP contribution in [0.15, 0.2) is 0 Å². The van der Waals surface area contributed by atoms with E-state index in [0.717, 1.165) is 59.3 Å². The van der Waals surface area contributed by atoms with E-state index in [1.165, 1.54) is 63.5 Å². The molecule has 5 nitrogen and oxygen atoms in total. The van der Waals surface area contributed by atoms with Gasteiger partial charge < -0.3 is 18.3 Å². The van der Waals surface area contributed by atoms with E-state index in [0.29, 0.717) is 0 Å². The summed E-state index contributed by atoms with van der Waals surface area (Å²) in [6.45, 7) is 24.0. The molecule has 200 valence electrons. The molecule has 0 aliphatic carbocycles. The molecule has 7 heteroatoms. The van der Waals surface area contributed by atoms with E-state index >= 15 is 0 Å². The third-order valence-electron chi connectivity index (χ3n) is 6.26. The molecular formula is C26H59NO4Si2. The Hall–Kier alpha value is 0.234. The molecule has 0 spiro atoms. The first kappa shape index (κ1) is 33.2. The molecule has 0 saturated heterocycles. The first-order chi connectivity index (χ1) is 15.8. The van der Waals surface area contributed by atoms with Crippen LogP contribution in [0.2, 0.25) is 38.3 Å². The van der Waals surface area contributed by atoms with Gasteiger partial charge in [0.15, 0.2) is 16.6 Å². The van der Waals surface area contributed by atoms with E-state index in [-0.39, 0.29) is 0 Å². The standard InChI is InChI=1S/C26H59NO4Si2/c1-8-27(19-23-28-21-15-11-13-17-25-32(4,5)30-9-2)20-24-29-22-16-12-14-18-26-33(6,7)31-10-3/h8-26H2,1-7H3. The Morgan fingerprint density at radius 2 is 0.909 bits per heavy atom. The molecule has 0 aliphatic rings. The van der Waals surface area contributed by atoms with E-state index < -0.39 is 16.6 Å². The molecule has 0 aromatic rings. The molecule has 0 rings (SSSR count). The van der Waals surface area contributed by atoms with Crippen LogP contribution >= 0.6 is 0 Å². The number of rotatable bonds is 25. The molecule has 0 heterocycles. The lowest BCUT2D eigenvalue weighted by Crippen LogP contribution is -2.31. The number of ether oxygens (including phenoxy) is 2. The highest BCUT2D eigenvalue weighted by atomic mass is 28.4. The quantitative estimate of drug-likeness (QED) is 0.0992. The van der Waals surface area contributed by atoms with Gasteiger partial charge in [0.1, 0.15) is 0 Å². The highest BCUT2D eigenvalue weighted by molar-refractivity contribution is 6.71. The molecule has 0 atom stereocenters. The lowest BCUT2D eigenvalue weighted by Gasteiger charge is -2.21. The summed E-state index contributed by atoms with van der Waals surface area (Å²) >= 11 is 0. The third kappa shape index (κ3) is 22.4. The average molecular weight is 506 g/mol. The molecule has 0 saturated carbocycles. The zero-order chi connectivity index (χ0) is 24.8. The smallest absolute Gasteiger partial charge is 0.186 e. The predicted molar refractivity (Wildman–Crippen MR) is 149 cm³/mol. The molecular weight excluding hydrogens is 446 g/mol. The third-order valence-corrected chi connectivity index (χ3v) is 11.5. The van der Waals surface area contributed by atoms with Crippen molar-refractivity contribution in [2.75, 3.05) is 59.3 Å². The molecule has 0 aliphatic heterocycles. The number of likely N-dealkylation sites (N-methyl/N-ethyl adjacent to an activating group) is 1. The second kappa shape index (κ2) is 21.5. The molecule has 0 radical (unpaired) electrons. The molecule has 0 aromatic heterocycles. The van der Waals surface area contributed by atoms with Crippen molar-refractivity contribution in [2.24, 2.45) is 0 Å². The van der Waals surface area contributed by atoms with Gasteiger partial charge >= 0.3 is 0 Å². The van der Waals surface area contributed by atoms with Crippen molar-refractivity contribution in [3.63, 3.8) is 0 Å². The van der Waals surface area contributed by atoms with Gasteiger partial charge in [0.2, 0.25) is 0 Å². The summed E-state index contributed by atoms with van der Waals surface area (Å²) in [5.74, 6) is 0. The van der Waals surface area contributed by atoms with Crippen LogP contribution < -0.4 is 0 Å². The van der Waals surface area contributed by atoms with Crippen molar-refractivity contribution in [3.05, 3.63) is 0 Å². The minimum atomic E-state index is -1.38. The van der Waals surface area contributed by atoms with E-state index in [2.05, 4.69) is 51.9 Å². The van der Waals surface area contributed by atoms with Crippen LogP contribution in [-0.4, -0.2) is 80.8 Å². The number of hydrogen-bond acceptors (Lipinski definition) is 5. The molecule has 0 N–H and O–H groups in total. The van der Waals surface area contributed by atoms with Gasteiger partial charge in [0.25, 0.3) is 0 Å². The zero-order valence-corrected chi connectivity index (χ0v) is 25.5. The van der Waals surface area contributed by atoms with Gasteiger partial charge in [-0.15, -0.1) is 0 Å². The Bertz CT molecular complexity index is 389. The van der Waals surface area contributed by atoms with Crippen LogP contribution in [-0.2, 0) is 18.3 Å². The maximum absolute atomic E-state index is 5.90. The largest absolute Gasteiger partial charge is 0.418 e. The molecule has 0 bridgehead atoms. The van der Waals surface area contributed by atoms with Crippen LogP contribution in [0.5, 0.6) is 0 Å². The van der Waals surface area contributed by atoms with E-state index in [9.17, 15) is 0 Å². The van der Waals surface area contributed by atoms with Crippen molar-refractivity contribution < 1.29 is 18.3 Å². The molecule has 0 amide bonds. The Balaban J connectivity index is 3.48. The van der Waals surface area contributed by atoms with Gasteiger partial charge in [0.05, 0.1) is 13.2 Å². The molecule has 0 unspecified atom stereocenters. The summed E-state index contributed by atoms with van der Waals surface area (Å²) in [6.07, 6.45) is 10.1. The fourth-order valence-electron chi connectivity index (χ4n) is 4.16. The lowest BCUT2D eigenvalue weighted by molar-refractivity contribution is 0.0741. The molecule has 0 aromatic carbocycles. The molecule has 0 fully saturated rings. The van der Waals surface area contributed by atoms with E-state index in [4.69, 9.17) is 18.3 Å². The first-order valence-electron chi connectivity index (χ1n) is 13.9. The average Bonchev–Trinajstić information content (AvgIpc) is 2.75. The maximum Gasteiger partial charge on any atom is 0.186 e. The highest BCUT2D eigenvalue weighted by Gasteiger charge is 2.21. The van der Waals surface area contributed by atoms with Crippen LogP contribution in [0.3, 0.4) is 0 Å². The lowest BCUT2D eigenvalue weighted by atomic mass is 10.2. The minimum absolute atomic E-state index is 0.833. The van der Waals surface area contributed by atoms with Crippen molar-refractivity contribution in [1.29, 1.82) is 0 Å². The molecule has 33 heavy (non-hydrogen) atoms. The van der Waals surface area contributed by atoms with Crippen molar-refractivity contribution >= 4 is 16.6 Å². The van der Waals surface area contributed by atoms with Gasteiger partial charge in [-0.05, 0) is 71.5 Å². The second-order valence-electron chi connectivity index (χ2n) is 10.4. The monoisotopic (exact) mass is 505 g/mol. The van der Waals surface area contributed by atoms with Crippen LogP contribution in [0.4, 0.5) is 0 Å². The van der Waals surface area contributed by atoms with Gasteiger partial charge in [0, 0.05) is 39.5 Å². The highest BCUT2D eigenvalue weighted by Crippen LogP contribution is 2.17. The van der Waals surface area contributed by atoms with Gasteiger partial charge in [-0.3, -0.25) is 4.90 Å².